The van der Waals surface area contributed by atoms with Gasteiger partial charge in [0.05, 0.1) is 12.0 Å². The number of hydrogen-bond acceptors (Lipinski definition) is 3. The van der Waals surface area contributed by atoms with E-state index in [9.17, 15) is 4.79 Å². The molecule has 1 aliphatic heterocycles. The number of fused-ring (bicyclic) bond motifs is 1. The Morgan fingerprint density at radius 2 is 2.00 bits per heavy atom. The molecule has 0 bridgehead atoms. The molecule has 1 N–H and O–H groups in total. The van der Waals surface area contributed by atoms with E-state index in [4.69, 9.17) is 0 Å². The van der Waals surface area contributed by atoms with Gasteiger partial charge in [-0.05, 0) is 43.9 Å². The van der Waals surface area contributed by atoms with E-state index in [1.54, 1.807) is 6.33 Å². The largest absolute Gasteiger partial charge is 0.368 e. The number of H-pyrrole nitrogens is 1. The Hall–Kier alpha value is -2.30. The van der Waals surface area contributed by atoms with Gasteiger partial charge in [0.2, 0.25) is 5.91 Å². The van der Waals surface area contributed by atoms with Crippen LogP contribution in [0.15, 0.2) is 24.5 Å². The molecule has 5 heteroatoms. The van der Waals surface area contributed by atoms with Gasteiger partial charge in [0.1, 0.15) is 0 Å². The fourth-order valence-corrected chi connectivity index (χ4v) is 4.10. The van der Waals surface area contributed by atoms with Crippen LogP contribution in [0.2, 0.25) is 0 Å². The van der Waals surface area contributed by atoms with Gasteiger partial charge in [0.25, 0.3) is 0 Å². The first-order valence-electron chi connectivity index (χ1n) is 9.24. The molecule has 2 aromatic rings. The summed E-state index contributed by atoms with van der Waals surface area (Å²) in [6, 6.07) is 6.60. The summed E-state index contributed by atoms with van der Waals surface area (Å²) in [7, 11) is 0. The molecule has 2 aliphatic rings. The molecule has 5 nitrogen and oxygen atoms in total. The van der Waals surface area contributed by atoms with Gasteiger partial charge in [-0.25, -0.2) is 4.98 Å². The molecule has 1 fully saturated rings. The molecule has 1 saturated heterocycles. The van der Waals surface area contributed by atoms with E-state index in [1.165, 1.54) is 16.8 Å². The zero-order chi connectivity index (χ0) is 17.4. The Morgan fingerprint density at radius 1 is 1.20 bits per heavy atom. The fourth-order valence-electron chi connectivity index (χ4n) is 4.10. The second-order valence-corrected chi connectivity index (χ2v) is 7.37. The quantitative estimate of drug-likeness (QED) is 0.915. The number of hydrogen-bond donors (Lipinski definition) is 1. The van der Waals surface area contributed by atoms with Crippen molar-refractivity contribution in [3.63, 3.8) is 0 Å². The number of aromatic amines is 1. The third kappa shape index (κ3) is 3.15. The molecule has 0 saturated carbocycles. The van der Waals surface area contributed by atoms with Crippen LogP contribution < -0.4 is 4.90 Å². The summed E-state index contributed by atoms with van der Waals surface area (Å²) in [6.07, 6.45) is 4.40. The zero-order valence-electron chi connectivity index (χ0n) is 15.1. The predicted molar refractivity (Wildman–Crippen MR) is 98.8 cm³/mol. The van der Waals surface area contributed by atoms with Crippen molar-refractivity contribution in [2.24, 2.45) is 5.92 Å². The van der Waals surface area contributed by atoms with E-state index in [1.807, 2.05) is 0 Å². The standard InChI is InChI=1S/C20H26N4O/c1-14-3-4-15(2)19(11-14)23-7-9-24(10-8-23)20(25)16-5-6-17-18(12-16)22-13-21-17/h3-4,11,13,16H,5-10,12H2,1-2H3,(H,21,22). The minimum absolute atomic E-state index is 0.111. The number of nitrogens with zero attached hydrogens (tertiary/aromatic N) is 3. The molecular formula is C20H26N4O. The van der Waals surface area contributed by atoms with Crippen LogP contribution in [0, 0.1) is 19.8 Å². The van der Waals surface area contributed by atoms with Gasteiger partial charge >= 0.3 is 0 Å². The Balaban J connectivity index is 1.39. The van der Waals surface area contributed by atoms with Gasteiger partial charge in [-0.15, -0.1) is 0 Å². The predicted octanol–water partition coefficient (Wildman–Crippen LogP) is 2.48. The van der Waals surface area contributed by atoms with Gasteiger partial charge in [0.15, 0.2) is 0 Å². The fraction of sp³-hybridized carbons (Fsp3) is 0.500. The lowest BCUT2D eigenvalue weighted by molar-refractivity contribution is -0.136. The third-order valence-electron chi connectivity index (χ3n) is 5.63. The number of aryl methyl sites for hydroxylation is 3. The Morgan fingerprint density at radius 3 is 2.80 bits per heavy atom. The maximum atomic E-state index is 12.9. The first kappa shape index (κ1) is 16.2. The summed E-state index contributed by atoms with van der Waals surface area (Å²) in [5.74, 6) is 0.432. The van der Waals surface area contributed by atoms with E-state index in [0.29, 0.717) is 5.91 Å². The van der Waals surface area contributed by atoms with Crippen LogP contribution in [0.5, 0.6) is 0 Å². The Labute approximate surface area is 149 Å². The average molecular weight is 338 g/mol. The van der Waals surface area contributed by atoms with Crippen molar-refractivity contribution in [2.45, 2.75) is 33.1 Å². The lowest BCUT2D eigenvalue weighted by atomic mass is 9.88. The number of piperazine rings is 1. The molecule has 4 rings (SSSR count). The molecule has 1 aliphatic carbocycles. The normalized spacial score (nSPS) is 20.5. The number of imidazole rings is 1. The molecule has 1 amide bonds. The van der Waals surface area contributed by atoms with Crippen LogP contribution in [-0.4, -0.2) is 47.0 Å². The summed E-state index contributed by atoms with van der Waals surface area (Å²) in [4.78, 5) is 24.9. The number of anilines is 1. The highest BCUT2D eigenvalue weighted by Gasteiger charge is 2.31. The number of carbonyl (C=O) groups excluding carboxylic acids is 1. The minimum Gasteiger partial charge on any atom is -0.368 e. The van der Waals surface area contributed by atoms with Crippen LogP contribution in [-0.2, 0) is 17.6 Å². The van der Waals surface area contributed by atoms with Crippen molar-refractivity contribution in [1.82, 2.24) is 14.9 Å². The number of nitrogens with one attached hydrogen (secondary N) is 1. The highest BCUT2D eigenvalue weighted by Crippen LogP contribution is 2.26. The first-order chi connectivity index (χ1) is 12.1. The minimum atomic E-state index is 0.111. The molecule has 132 valence electrons. The van der Waals surface area contributed by atoms with E-state index in [-0.39, 0.29) is 5.92 Å². The van der Waals surface area contributed by atoms with E-state index in [0.717, 1.165) is 56.8 Å². The third-order valence-corrected chi connectivity index (χ3v) is 5.63. The van der Waals surface area contributed by atoms with E-state index < -0.39 is 0 Å². The number of amides is 1. The van der Waals surface area contributed by atoms with Gasteiger partial charge in [0, 0.05) is 49.9 Å². The number of benzene rings is 1. The van der Waals surface area contributed by atoms with Crippen LogP contribution in [0.25, 0.3) is 0 Å². The maximum Gasteiger partial charge on any atom is 0.226 e. The highest BCUT2D eigenvalue weighted by molar-refractivity contribution is 5.79. The molecule has 0 radical (unpaired) electrons. The smallest absolute Gasteiger partial charge is 0.226 e. The van der Waals surface area contributed by atoms with Crippen molar-refractivity contribution in [3.05, 3.63) is 47.0 Å². The molecule has 1 atom stereocenters. The average Bonchev–Trinajstić information content (AvgIpc) is 3.11. The summed E-state index contributed by atoms with van der Waals surface area (Å²) in [5, 5.41) is 0. The highest BCUT2D eigenvalue weighted by atomic mass is 16.2. The van der Waals surface area contributed by atoms with Crippen molar-refractivity contribution in [3.8, 4) is 0 Å². The van der Waals surface area contributed by atoms with Gasteiger partial charge in [-0.2, -0.15) is 0 Å². The number of rotatable bonds is 2. The van der Waals surface area contributed by atoms with Crippen LogP contribution in [0.1, 0.15) is 28.9 Å². The summed E-state index contributed by atoms with van der Waals surface area (Å²) in [5.41, 5.74) is 6.20. The molecule has 2 heterocycles. The molecular weight excluding hydrogens is 312 g/mol. The number of carbonyl (C=O) groups is 1. The summed E-state index contributed by atoms with van der Waals surface area (Å²) in [6.45, 7) is 7.76. The number of aromatic nitrogens is 2. The van der Waals surface area contributed by atoms with Crippen molar-refractivity contribution in [2.75, 3.05) is 31.1 Å². The lowest BCUT2D eigenvalue weighted by Crippen LogP contribution is -2.51. The monoisotopic (exact) mass is 338 g/mol. The Kier molecular flexibility index (Phi) is 4.24. The van der Waals surface area contributed by atoms with E-state index in [2.05, 4.69) is 51.8 Å². The summed E-state index contributed by atoms with van der Waals surface area (Å²) >= 11 is 0. The molecule has 1 aromatic carbocycles. The van der Waals surface area contributed by atoms with Crippen molar-refractivity contribution < 1.29 is 4.79 Å². The van der Waals surface area contributed by atoms with Gasteiger partial charge < -0.3 is 14.8 Å². The van der Waals surface area contributed by atoms with Crippen molar-refractivity contribution >= 4 is 11.6 Å². The van der Waals surface area contributed by atoms with Crippen LogP contribution in [0.3, 0.4) is 0 Å². The molecule has 1 aromatic heterocycles. The van der Waals surface area contributed by atoms with Crippen LogP contribution >= 0.6 is 0 Å². The lowest BCUT2D eigenvalue weighted by Gasteiger charge is -2.38. The second kappa shape index (κ2) is 6.54. The zero-order valence-corrected chi connectivity index (χ0v) is 15.1. The van der Waals surface area contributed by atoms with Gasteiger partial charge in [-0.1, -0.05) is 12.1 Å². The first-order valence-corrected chi connectivity index (χ1v) is 9.24. The second-order valence-electron chi connectivity index (χ2n) is 7.37. The van der Waals surface area contributed by atoms with Crippen molar-refractivity contribution in [1.29, 1.82) is 0 Å². The summed E-state index contributed by atoms with van der Waals surface area (Å²) < 4.78 is 0. The molecule has 1 unspecified atom stereocenters. The van der Waals surface area contributed by atoms with Crippen LogP contribution in [0.4, 0.5) is 5.69 Å². The molecule has 0 spiro atoms. The SMILES string of the molecule is Cc1ccc(C)c(N2CCN(C(=O)C3CCc4nc[nH]c4C3)CC2)c1. The maximum absolute atomic E-state index is 12.9. The van der Waals surface area contributed by atoms with E-state index >= 15 is 0 Å². The Bertz CT molecular complexity index is 774. The molecule has 25 heavy (non-hydrogen) atoms. The van der Waals surface area contributed by atoms with Gasteiger partial charge in [-0.3, -0.25) is 4.79 Å². The topological polar surface area (TPSA) is 52.2 Å².